The Hall–Kier alpha value is -2.13. The van der Waals surface area contributed by atoms with Gasteiger partial charge in [0.1, 0.15) is 5.01 Å². The Labute approximate surface area is 179 Å². The molecule has 30 heavy (non-hydrogen) atoms. The average molecular weight is 440 g/mol. The molecule has 3 rings (SSSR count). The van der Waals surface area contributed by atoms with Gasteiger partial charge in [0.25, 0.3) is 0 Å². The van der Waals surface area contributed by atoms with E-state index >= 15 is 0 Å². The van der Waals surface area contributed by atoms with Gasteiger partial charge in [-0.15, -0.1) is 11.3 Å². The number of guanidine groups is 1. The van der Waals surface area contributed by atoms with Crippen molar-refractivity contribution >= 4 is 17.3 Å². The van der Waals surface area contributed by atoms with Crippen LogP contribution in [0.15, 0.2) is 34.6 Å². The molecule has 9 heteroatoms. The fourth-order valence-electron chi connectivity index (χ4n) is 3.50. The fourth-order valence-corrected chi connectivity index (χ4v) is 4.24. The van der Waals surface area contributed by atoms with Crippen molar-refractivity contribution in [3.63, 3.8) is 0 Å². The molecular formula is C21H28F3N5S. The van der Waals surface area contributed by atoms with Gasteiger partial charge in [0.15, 0.2) is 11.7 Å². The summed E-state index contributed by atoms with van der Waals surface area (Å²) in [5, 5.41) is 7.70. The van der Waals surface area contributed by atoms with Crippen molar-refractivity contribution in [3.8, 4) is 0 Å². The van der Waals surface area contributed by atoms with Gasteiger partial charge in [0.05, 0.1) is 6.54 Å². The first-order valence-corrected chi connectivity index (χ1v) is 11.1. The maximum Gasteiger partial charge on any atom is 0.434 e. The normalized spacial score (nSPS) is 16.3. The second-order valence-corrected chi connectivity index (χ2v) is 8.31. The van der Waals surface area contributed by atoms with Crippen molar-refractivity contribution in [2.24, 2.45) is 4.99 Å². The molecule has 0 spiro atoms. The number of hydrogen-bond donors (Lipinski definition) is 2. The molecule has 2 N–H and O–H groups in total. The number of halogens is 3. The molecule has 2 heterocycles. The van der Waals surface area contributed by atoms with Gasteiger partial charge in [0.2, 0.25) is 0 Å². The van der Waals surface area contributed by atoms with Crippen molar-refractivity contribution in [2.75, 3.05) is 20.1 Å². The maximum absolute atomic E-state index is 12.7. The minimum atomic E-state index is -4.41. The third kappa shape index (κ3) is 6.70. The summed E-state index contributed by atoms with van der Waals surface area (Å²) in [6.07, 6.45) is 0.718. The summed E-state index contributed by atoms with van der Waals surface area (Å²) in [6, 6.07) is 8.34. The Morgan fingerprint density at radius 2 is 1.73 bits per heavy atom. The van der Waals surface area contributed by atoms with Crippen LogP contribution < -0.4 is 10.6 Å². The van der Waals surface area contributed by atoms with Crippen molar-refractivity contribution in [2.45, 2.75) is 51.5 Å². The van der Waals surface area contributed by atoms with Gasteiger partial charge in [0, 0.05) is 25.5 Å². The molecule has 0 radical (unpaired) electrons. The van der Waals surface area contributed by atoms with Gasteiger partial charge in [-0.2, -0.15) is 13.2 Å². The van der Waals surface area contributed by atoms with Gasteiger partial charge < -0.3 is 10.6 Å². The number of rotatable bonds is 6. The number of likely N-dealkylation sites (tertiary alicyclic amines) is 1. The van der Waals surface area contributed by atoms with Gasteiger partial charge in [-0.1, -0.05) is 37.1 Å². The summed E-state index contributed by atoms with van der Waals surface area (Å²) >= 11 is 0.985. The summed E-state index contributed by atoms with van der Waals surface area (Å²) in [4.78, 5) is 10.3. The molecule has 1 aromatic carbocycles. The molecule has 1 aliphatic heterocycles. The number of hydrogen-bond acceptors (Lipinski definition) is 4. The van der Waals surface area contributed by atoms with Gasteiger partial charge in [-0.05, 0) is 37.1 Å². The van der Waals surface area contributed by atoms with Crippen LogP contribution in [0.2, 0.25) is 0 Å². The van der Waals surface area contributed by atoms with Gasteiger partial charge >= 0.3 is 6.18 Å². The lowest BCUT2D eigenvalue weighted by molar-refractivity contribution is -0.140. The van der Waals surface area contributed by atoms with Gasteiger partial charge in [-0.25, -0.2) is 4.98 Å². The lowest BCUT2D eigenvalue weighted by Crippen LogP contribution is -2.36. The SMILES string of the molecule is CN=C(NCc1nc(C(F)(F)F)cs1)NCc1ccccc1CN1CCCCCC1. The minimum absolute atomic E-state index is 0.190. The van der Waals surface area contributed by atoms with E-state index in [0.717, 1.165) is 36.4 Å². The average Bonchev–Trinajstić information content (AvgIpc) is 3.07. The van der Waals surface area contributed by atoms with Crippen LogP contribution in [0.5, 0.6) is 0 Å². The molecule has 0 unspecified atom stereocenters. The molecule has 2 aromatic rings. The second kappa shape index (κ2) is 10.8. The van der Waals surface area contributed by atoms with E-state index in [9.17, 15) is 13.2 Å². The van der Waals surface area contributed by atoms with Crippen LogP contribution in [0, 0.1) is 0 Å². The molecule has 5 nitrogen and oxygen atoms in total. The topological polar surface area (TPSA) is 52.6 Å². The Balaban J connectivity index is 1.54. The predicted octanol–water partition coefficient (Wildman–Crippen LogP) is 4.40. The number of alkyl halides is 3. The summed E-state index contributed by atoms with van der Waals surface area (Å²) in [5.74, 6) is 0.531. The van der Waals surface area contributed by atoms with Crippen molar-refractivity contribution in [3.05, 3.63) is 51.5 Å². The molecule has 1 saturated heterocycles. The molecule has 1 aliphatic rings. The van der Waals surface area contributed by atoms with Gasteiger partial charge in [-0.3, -0.25) is 9.89 Å². The van der Waals surface area contributed by atoms with Crippen LogP contribution in [0.4, 0.5) is 13.2 Å². The maximum atomic E-state index is 12.7. The van der Waals surface area contributed by atoms with Crippen molar-refractivity contribution in [1.82, 2.24) is 20.5 Å². The van der Waals surface area contributed by atoms with E-state index in [4.69, 9.17) is 0 Å². The third-order valence-electron chi connectivity index (χ3n) is 5.13. The van der Waals surface area contributed by atoms with E-state index in [0.29, 0.717) is 17.5 Å². The van der Waals surface area contributed by atoms with E-state index in [1.807, 2.05) is 6.07 Å². The third-order valence-corrected chi connectivity index (χ3v) is 5.98. The molecule has 0 atom stereocenters. The number of nitrogens with one attached hydrogen (secondary N) is 2. The summed E-state index contributed by atoms with van der Waals surface area (Å²) in [7, 11) is 1.64. The van der Waals surface area contributed by atoms with Crippen LogP contribution in [0.1, 0.15) is 47.5 Å². The van der Waals surface area contributed by atoms with Crippen LogP contribution in [-0.4, -0.2) is 36.0 Å². The standard InChI is InChI=1S/C21H28F3N5S/c1-25-20(27-13-19-28-18(15-30-19)21(22,23)24)26-12-16-8-4-5-9-17(16)14-29-10-6-2-3-7-11-29/h4-5,8-9,15H,2-3,6-7,10-14H2,1H3,(H2,25,26,27). The van der Waals surface area contributed by atoms with E-state index in [1.165, 1.54) is 36.8 Å². The molecule has 1 fully saturated rings. The highest BCUT2D eigenvalue weighted by Crippen LogP contribution is 2.29. The first kappa shape index (κ1) is 22.6. The number of nitrogens with zero attached hydrogens (tertiary/aromatic N) is 3. The van der Waals surface area contributed by atoms with Crippen LogP contribution >= 0.6 is 11.3 Å². The van der Waals surface area contributed by atoms with E-state index in [2.05, 4.69) is 43.7 Å². The molecule has 0 bridgehead atoms. The lowest BCUT2D eigenvalue weighted by atomic mass is 10.1. The van der Waals surface area contributed by atoms with Crippen molar-refractivity contribution < 1.29 is 13.2 Å². The highest BCUT2D eigenvalue weighted by atomic mass is 32.1. The number of thiazole rings is 1. The zero-order valence-electron chi connectivity index (χ0n) is 17.1. The quantitative estimate of drug-likeness (QED) is 0.517. The zero-order valence-corrected chi connectivity index (χ0v) is 18.0. The highest BCUT2D eigenvalue weighted by molar-refractivity contribution is 7.09. The summed E-state index contributed by atoms with van der Waals surface area (Å²) in [5.41, 5.74) is 1.63. The van der Waals surface area contributed by atoms with Crippen molar-refractivity contribution in [1.29, 1.82) is 0 Å². The molecule has 0 saturated carbocycles. The van der Waals surface area contributed by atoms with Crippen LogP contribution in [-0.2, 0) is 25.8 Å². The van der Waals surface area contributed by atoms with E-state index in [1.54, 1.807) is 7.05 Å². The molecular weight excluding hydrogens is 411 g/mol. The Kier molecular flexibility index (Phi) is 8.09. The largest absolute Gasteiger partial charge is 0.434 e. The first-order valence-electron chi connectivity index (χ1n) is 10.2. The molecule has 0 amide bonds. The predicted molar refractivity (Wildman–Crippen MR) is 114 cm³/mol. The monoisotopic (exact) mass is 439 g/mol. The molecule has 1 aromatic heterocycles. The Bertz CT molecular complexity index is 826. The van der Waals surface area contributed by atoms with E-state index < -0.39 is 11.9 Å². The zero-order chi connectivity index (χ0) is 21.4. The highest BCUT2D eigenvalue weighted by Gasteiger charge is 2.33. The Morgan fingerprint density at radius 1 is 1.07 bits per heavy atom. The molecule has 164 valence electrons. The minimum Gasteiger partial charge on any atom is -0.352 e. The number of aliphatic imine (C=N–C) groups is 1. The summed E-state index contributed by atoms with van der Waals surface area (Å²) in [6.45, 7) is 3.99. The van der Waals surface area contributed by atoms with E-state index in [-0.39, 0.29) is 6.54 Å². The summed E-state index contributed by atoms with van der Waals surface area (Å²) < 4.78 is 38.1. The Morgan fingerprint density at radius 3 is 2.37 bits per heavy atom. The number of aromatic nitrogens is 1. The molecule has 0 aliphatic carbocycles. The fraction of sp³-hybridized carbons (Fsp3) is 0.524. The smallest absolute Gasteiger partial charge is 0.352 e. The van der Waals surface area contributed by atoms with Crippen LogP contribution in [0.25, 0.3) is 0 Å². The van der Waals surface area contributed by atoms with Crippen LogP contribution in [0.3, 0.4) is 0 Å². The lowest BCUT2D eigenvalue weighted by Gasteiger charge is -2.22. The first-order chi connectivity index (χ1) is 14.5. The second-order valence-electron chi connectivity index (χ2n) is 7.36. The number of benzene rings is 1.